The molecular weight excluding hydrogens is 216 g/mol. The van der Waals surface area contributed by atoms with Crippen LogP contribution in [0.4, 0.5) is 0 Å². The molecule has 0 radical (unpaired) electrons. The average molecular weight is 238 g/mol. The van der Waals surface area contributed by atoms with E-state index in [4.69, 9.17) is 4.74 Å². The van der Waals surface area contributed by atoms with Gasteiger partial charge in [-0.15, -0.1) is 0 Å². The zero-order valence-corrected chi connectivity index (χ0v) is 10.9. The lowest BCUT2D eigenvalue weighted by atomic mass is 10.4. The van der Waals surface area contributed by atoms with Gasteiger partial charge in [0.15, 0.2) is 0 Å². The number of hydrogen-bond donors (Lipinski definition) is 1. The van der Waals surface area contributed by atoms with Crippen molar-refractivity contribution < 1.29 is 4.74 Å². The summed E-state index contributed by atoms with van der Waals surface area (Å²) < 4.78 is 5.52. The number of likely N-dealkylation sites (N-methyl/N-ethyl adjacent to an activating group) is 1. The van der Waals surface area contributed by atoms with Crippen LogP contribution in [-0.2, 0) is 6.54 Å². The van der Waals surface area contributed by atoms with Crippen LogP contribution in [0.1, 0.15) is 19.0 Å². The normalized spacial score (nSPS) is 10.8. The van der Waals surface area contributed by atoms with Crippen molar-refractivity contribution in [1.29, 1.82) is 0 Å². The first-order valence-electron chi connectivity index (χ1n) is 6.01. The highest BCUT2D eigenvalue weighted by atomic mass is 16.5. The fraction of sp³-hybridized carbons (Fsp3) is 0.667. The minimum absolute atomic E-state index is 0.600. The molecule has 0 aliphatic carbocycles. The van der Waals surface area contributed by atoms with E-state index in [0.29, 0.717) is 12.5 Å². The van der Waals surface area contributed by atoms with Gasteiger partial charge in [-0.05, 0) is 27.1 Å². The third-order valence-corrected chi connectivity index (χ3v) is 2.18. The van der Waals surface area contributed by atoms with Gasteiger partial charge in [0.05, 0.1) is 11.9 Å². The van der Waals surface area contributed by atoms with Crippen molar-refractivity contribution >= 4 is 0 Å². The van der Waals surface area contributed by atoms with E-state index in [1.165, 1.54) is 0 Å². The van der Waals surface area contributed by atoms with E-state index in [1.54, 1.807) is 12.4 Å². The topological polar surface area (TPSA) is 50.3 Å². The van der Waals surface area contributed by atoms with E-state index in [1.807, 2.05) is 14.1 Å². The Morgan fingerprint density at radius 2 is 2.18 bits per heavy atom. The van der Waals surface area contributed by atoms with E-state index in [0.717, 1.165) is 31.7 Å². The summed E-state index contributed by atoms with van der Waals surface area (Å²) in [5.41, 5.74) is 0.917. The molecule has 96 valence electrons. The lowest BCUT2D eigenvalue weighted by Gasteiger charge is -2.10. The number of rotatable bonds is 8. The van der Waals surface area contributed by atoms with Crippen LogP contribution in [0, 0.1) is 0 Å². The molecule has 0 atom stereocenters. The fourth-order valence-corrected chi connectivity index (χ4v) is 1.27. The lowest BCUT2D eigenvalue weighted by molar-refractivity contribution is 0.252. The second-order valence-electron chi connectivity index (χ2n) is 4.18. The zero-order valence-electron chi connectivity index (χ0n) is 10.9. The molecule has 0 aliphatic rings. The largest absolute Gasteiger partial charge is 0.475 e. The highest BCUT2D eigenvalue weighted by Crippen LogP contribution is 2.04. The molecule has 1 N–H and O–H groups in total. The molecule has 1 aromatic rings. The molecule has 17 heavy (non-hydrogen) atoms. The molecule has 1 rings (SSSR count). The SMILES string of the molecule is CCCNCc1cncc(OCCN(C)C)n1. The molecule has 0 bridgehead atoms. The van der Waals surface area contributed by atoms with Crippen molar-refractivity contribution in [3.05, 3.63) is 18.1 Å². The van der Waals surface area contributed by atoms with Crippen molar-refractivity contribution in [1.82, 2.24) is 20.2 Å². The fourth-order valence-electron chi connectivity index (χ4n) is 1.27. The van der Waals surface area contributed by atoms with E-state index in [-0.39, 0.29) is 0 Å². The van der Waals surface area contributed by atoms with Gasteiger partial charge >= 0.3 is 0 Å². The third kappa shape index (κ3) is 6.19. The van der Waals surface area contributed by atoms with Crippen LogP contribution in [0.3, 0.4) is 0 Å². The van der Waals surface area contributed by atoms with Crippen LogP contribution >= 0.6 is 0 Å². The Labute approximate surface area is 103 Å². The first-order chi connectivity index (χ1) is 8.22. The summed E-state index contributed by atoms with van der Waals surface area (Å²) in [5, 5.41) is 3.29. The quantitative estimate of drug-likeness (QED) is 0.682. The molecule has 0 spiro atoms. The first-order valence-corrected chi connectivity index (χ1v) is 6.01. The number of nitrogens with one attached hydrogen (secondary N) is 1. The summed E-state index contributed by atoms with van der Waals surface area (Å²) in [5.74, 6) is 0.600. The lowest BCUT2D eigenvalue weighted by Crippen LogP contribution is -2.20. The molecule has 0 unspecified atom stereocenters. The van der Waals surface area contributed by atoms with E-state index < -0.39 is 0 Å². The van der Waals surface area contributed by atoms with Crippen molar-refractivity contribution in [3.63, 3.8) is 0 Å². The highest BCUT2D eigenvalue weighted by Gasteiger charge is 2.00. The summed E-state index contributed by atoms with van der Waals surface area (Å²) in [4.78, 5) is 10.6. The molecule has 5 nitrogen and oxygen atoms in total. The predicted molar refractivity (Wildman–Crippen MR) is 68.1 cm³/mol. The van der Waals surface area contributed by atoms with Gasteiger partial charge in [0.2, 0.25) is 5.88 Å². The Morgan fingerprint density at radius 3 is 2.88 bits per heavy atom. The Balaban J connectivity index is 2.37. The van der Waals surface area contributed by atoms with E-state index >= 15 is 0 Å². The summed E-state index contributed by atoms with van der Waals surface area (Å²) in [7, 11) is 4.03. The van der Waals surface area contributed by atoms with Gasteiger partial charge < -0.3 is 15.0 Å². The second-order valence-corrected chi connectivity index (χ2v) is 4.18. The molecule has 0 fully saturated rings. The predicted octanol–water partition coefficient (Wildman–Crippen LogP) is 0.917. The highest BCUT2D eigenvalue weighted by molar-refractivity contribution is 5.08. The molecule has 0 amide bonds. The Bertz CT molecular complexity index is 317. The minimum Gasteiger partial charge on any atom is -0.475 e. The number of ether oxygens (including phenoxy) is 1. The van der Waals surface area contributed by atoms with Gasteiger partial charge in [-0.25, -0.2) is 4.98 Å². The van der Waals surface area contributed by atoms with Gasteiger partial charge in [0, 0.05) is 19.3 Å². The molecule has 0 saturated carbocycles. The van der Waals surface area contributed by atoms with Crippen LogP contribution in [-0.4, -0.2) is 48.7 Å². The summed E-state index contributed by atoms with van der Waals surface area (Å²) in [6.07, 6.45) is 4.53. The van der Waals surface area contributed by atoms with Crippen molar-refractivity contribution in [3.8, 4) is 5.88 Å². The number of hydrogen-bond acceptors (Lipinski definition) is 5. The maximum Gasteiger partial charge on any atom is 0.232 e. The van der Waals surface area contributed by atoms with Crippen LogP contribution in [0.15, 0.2) is 12.4 Å². The first kappa shape index (κ1) is 13.9. The van der Waals surface area contributed by atoms with Gasteiger partial charge in [-0.2, -0.15) is 0 Å². The van der Waals surface area contributed by atoms with Crippen LogP contribution in [0.2, 0.25) is 0 Å². The number of nitrogens with zero attached hydrogens (tertiary/aromatic N) is 3. The molecule has 0 saturated heterocycles. The molecule has 1 aromatic heterocycles. The average Bonchev–Trinajstić information content (AvgIpc) is 2.29. The monoisotopic (exact) mass is 238 g/mol. The molecule has 0 aromatic carbocycles. The van der Waals surface area contributed by atoms with Crippen LogP contribution in [0.25, 0.3) is 0 Å². The standard InChI is InChI=1S/C12H22N4O/c1-4-5-13-8-11-9-14-10-12(15-11)17-7-6-16(2)3/h9-10,13H,4-8H2,1-3H3. The van der Waals surface area contributed by atoms with Gasteiger partial charge in [-0.3, -0.25) is 4.98 Å². The van der Waals surface area contributed by atoms with Crippen molar-refractivity contribution in [2.24, 2.45) is 0 Å². The molecule has 5 heteroatoms. The van der Waals surface area contributed by atoms with Crippen molar-refractivity contribution in [2.45, 2.75) is 19.9 Å². The minimum atomic E-state index is 0.600. The third-order valence-electron chi connectivity index (χ3n) is 2.18. The van der Waals surface area contributed by atoms with Crippen LogP contribution < -0.4 is 10.1 Å². The summed E-state index contributed by atoms with van der Waals surface area (Å²) in [6, 6.07) is 0. The smallest absolute Gasteiger partial charge is 0.232 e. The van der Waals surface area contributed by atoms with Crippen LogP contribution in [0.5, 0.6) is 5.88 Å². The summed E-state index contributed by atoms with van der Waals surface area (Å²) >= 11 is 0. The molecule has 0 aliphatic heterocycles. The summed E-state index contributed by atoms with van der Waals surface area (Å²) in [6.45, 7) is 5.38. The Kier molecular flexibility index (Phi) is 6.50. The Morgan fingerprint density at radius 1 is 1.35 bits per heavy atom. The van der Waals surface area contributed by atoms with Crippen molar-refractivity contribution in [2.75, 3.05) is 33.8 Å². The van der Waals surface area contributed by atoms with Gasteiger partial charge in [-0.1, -0.05) is 6.92 Å². The van der Waals surface area contributed by atoms with Gasteiger partial charge in [0.1, 0.15) is 6.61 Å². The zero-order chi connectivity index (χ0) is 12.5. The Hall–Kier alpha value is -1.20. The second kappa shape index (κ2) is 7.97. The maximum atomic E-state index is 5.52. The maximum absolute atomic E-state index is 5.52. The van der Waals surface area contributed by atoms with E-state index in [9.17, 15) is 0 Å². The number of aromatic nitrogens is 2. The van der Waals surface area contributed by atoms with E-state index in [2.05, 4.69) is 27.1 Å². The molecule has 1 heterocycles. The molecular formula is C12H22N4O. The van der Waals surface area contributed by atoms with Gasteiger partial charge in [0.25, 0.3) is 0 Å².